The molecule has 4 rings (SSSR count). The van der Waals surface area contributed by atoms with Crippen molar-refractivity contribution in [2.45, 2.75) is 37.1 Å². The molecule has 3 heterocycles. The fourth-order valence-electron chi connectivity index (χ4n) is 3.50. The summed E-state index contributed by atoms with van der Waals surface area (Å²) in [6.07, 6.45) is 3.72. The van der Waals surface area contributed by atoms with Crippen molar-refractivity contribution in [3.8, 4) is 0 Å². The Kier molecular flexibility index (Phi) is 5.14. The average Bonchev–Trinajstić information content (AvgIpc) is 3.27. The lowest BCUT2D eigenvalue weighted by atomic mass is 10.1. The molecule has 0 bridgehead atoms. The first-order valence-corrected chi connectivity index (χ1v) is 11.1. The molecule has 0 radical (unpaired) electrons. The Morgan fingerprint density at radius 1 is 1.41 bits per heavy atom. The number of thioether (sulfide) groups is 1. The van der Waals surface area contributed by atoms with Gasteiger partial charge in [-0.2, -0.15) is 0 Å². The molecule has 2 fully saturated rings. The summed E-state index contributed by atoms with van der Waals surface area (Å²) in [4.78, 5) is 31.7. The van der Waals surface area contributed by atoms with E-state index in [-0.39, 0.29) is 16.7 Å². The topological polar surface area (TPSA) is 62.3 Å². The minimum atomic E-state index is -0.433. The fraction of sp³-hybridized carbons (Fsp3) is 0.389. The summed E-state index contributed by atoms with van der Waals surface area (Å²) in [6, 6.07) is 5.08. The van der Waals surface area contributed by atoms with E-state index in [0.717, 1.165) is 16.9 Å². The number of amides is 2. The third kappa shape index (κ3) is 3.70. The van der Waals surface area contributed by atoms with E-state index in [9.17, 15) is 9.59 Å². The van der Waals surface area contributed by atoms with Crippen LogP contribution >= 0.6 is 46.3 Å². The second-order valence-electron chi connectivity index (χ2n) is 6.81. The number of halogens is 2. The Labute approximate surface area is 175 Å². The summed E-state index contributed by atoms with van der Waals surface area (Å²) < 4.78 is 0. The minimum Gasteiger partial charge on any atom is -0.315 e. The van der Waals surface area contributed by atoms with Gasteiger partial charge in [0, 0.05) is 29.7 Å². The van der Waals surface area contributed by atoms with E-state index in [1.807, 2.05) is 19.1 Å². The van der Waals surface area contributed by atoms with Crippen molar-refractivity contribution in [3.05, 3.63) is 44.9 Å². The number of carbonyl (C=O) groups is 2. The molecule has 0 unspecified atom stereocenters. The van der Waals surface area contributed by atoms with Crippen LogP contribution in [-0.2, 0) is 16.0 Å². The number of aromatic nitrogens is 1. The van der Waals surface area contributed by atoms with Gasteiger partial charge in [-0.1, -0.05) is 29.3 Å². The molecule has 2 atom stereocenters. The third-order valence-electron chi connectivity index (χ3n) is 4.89. The number of benzene rings is 1. The highest BCUT2D eigenvalue weighted by molar-refractivity contribution is 8.01. The van der Waals surface area contributed by atoms with E-state index >= 15 is 0 Å². The summed E-state index contributed by atoms with van der Waals surface area (Å²) in [5.74, 6) is 0.509. The number of nitrogens with zero attached hydrogens (tertiary/aromatic N) is 2. The van der Waals surface area contributed by atoms with Crippen LogP contribution in [0.15, 0.2) is 24.4 Å². The molecular weight excluding hydrogens is 425 g/mol. The zero-order valence-electron chi connectivity index (χ0n) is 14.5. The van der Waals surface area contributed by atoms with Crippen LogP contribution in [0.4, 0.5) is 5.13 Å². The van der Waals surface area contributed by atoms with Crippen molar-refractivity contribution in [1.29, 1.82) is 0 Å². The second kappa shape index (κ2) is 7.28. The fourth-order valence-corrected chi connectivity index (χ4v) is 6.10. The first-order valence-electron chi connectivity index (χ1n) is 8.51. The maximum absolute atomic E-state index is 12.7. The van der Waals surface area contributed by atoms with Gasteiger partial charge in [0.2, 0.25) is 11.8 Å². The first kappa shape index (κ1) is 19.1. The molecule has 2 amide bonds. The van der Waals surface area contributed by atoms with Gasteiger partial charge < -0.3 is 10.2 Å². The first-order chi connectivity index (χ1) is 12.9. The Morgan fingerprint density at radius 3 is 3.00 bits per heavy atom. The summed E-state index contributed by atoms with van der Waals surface area (Å²) in [5.41, 5.74) is 1.02. The lowest BCUT2D eigenvalue weighted by Gasteiger charge is -2.29. The van der Waals surface area contributed by atoms with E-state index in [4.69, 9.17) is 23.2 Å². The molecule has 2 aliphatic heterocycles. The van der Waals surface area contributed by atoms with Crippen LogP contribution in [0.1, 0.15) is 30.2 Å². The Balaban J connectivity index is 1.42. The molecule has 2 aliphatic rings. The number of nitrogens with one attached hydrogen (secondary N) is 1. The van der Waals surface area contributed by atoms with Crippen molar-refractivity contribution in [3.63, 3.8) is 0 Å². The highest BCUT2D eigenvalue weighted by Crippen LogP contribution is 2.47. The molecule has 1 aromatic carbocycles. The van der Waals surface area contributed by atoms with Crippen LogP contribution in [0.25, 0.3) is 0 Å². The lowest BCUT2D eigenvalue weighted by molar-refractivity contribution is -0.135. The highest BCUT2D eigenvalue weighted by Gasteiger charge is 2.52. The molecule has 1 aromatic heterocycles. The normalized spacial score (nSPS) is 24.3. The molecule has 0 saturated carbocycles. The number of anilines is 1. The smallest absolute Gasteiger partial charge is 0.249 e. The summed E-state index contributed by atoms with van der Waals surface area (Å²) in [7, 11) is 0. The van der Waals surface area contributed by atoms with Crippen LogP contribution in [0.5, 0.6) is 0 Å². The van der Waals surface area contributed by atoms with Gasteiger partial charge >= 0.3 is 0 Å². The van der Waals surface area contributed by atoms with Crippen molar-refractivity contribution in [2.75, 3.05) is 11.1 Å². The van der Waals surface area contributed by atoms with Crippen molar-refractivity contribution in [1.82, 2.24) is 9.88 Å². The van der Waals surface area contributed by atoms with Gasteiger partial charge in [0.15, 0.2) is 5.13 Å². The molecular formula is C18H17Cl2N3O2S2. The highest BCUT2D eigenvalue weighted by atomic mass is 35.5. The lowest BCUT2D eigenvalue weighted by Crippen LogP contribution is -2.48. The van der Waals surface area contributed by atoms with Crippen molar-refractivity contribution >= 4 is 63.2 Å². The Bertz CT molecular complexity index is 920. The molecule has 0 aliphatic carbocycles. The van der Waals surface area contributed by atoms with Crippen LogP contribution in [0, 0.1) is 0 Å². The Morgan fingerprint density at radius 2 is 2.22 bits per heavy atom. The summed E-state index contributed by atoms with van der Waals surface area (Å²) in [5, 5.41) is 4.46. The van der Waals surface area contributed by atoms with E-state index in [0.29, 0.717) is 33.8 Å². The molecule has 27 heavy (non-hydrogen) atoms. The largest absolute Gasteiger partial charge is 0.315 e. The number of thiazole rings is 1. The quantitative estimate of drug-likeness (QED) is 0.761. The molecule has 9 heteroatoms. The summed E-state index contributed by atoms with van der Waals surface area (Å²) in [6.45, 7) is 2.04. The monoisotopic (exact) mass is 441 g/mol. The maximum atomic E-state index is 12.7. The standard InChI is InChI=1S/C18H17Cl2N3O2S2/c1-18-5-4-15(24)23(18)14(9-26-18)16(25)22-17-21-8-11(27-17)6-10-2-3-12(19)13(20)7-10/h2-3,7-8,14H,4-6,9H2,1H3,(H,21,22,25)/t14-,18-/m0/s1. The van der Waals surface area contributed by atoms with E-state index in [1.54, 1.807) is 28.9 Å². The van der Waals surface area contributed by atoms with Gasteiger partial charge in [0.1, 0.15) is 6.04 Å². The number of rotatable bonds is 4. The van der Waals surface area contributed by atoms with Crippen LogP contribution in [-0.4, -0.2) is 38.4 Å². The number of hydrogen-bond donors (Lipinski definition) is 1. The van der Waals surface area contributed by atoms with Crippen LogP contribution < -0.4 is 5.32 Å². The Hall–Kier alpha value is -1.28. The zero-order chi connectivity index (χ0) is 19.2. The predicted octanol–water partition coefficient (Wildman–Crippen LogP) is 4.43. The SMILES string of the molecule is C[C@]12CCC(=O)N1[C@H](C(=O)Nc1ncc(Cc3ccc(Cl)c(Cl)c3)s1)CS2. The van der Waals surface area contributed by atoms with Crippen molar-refractivity contribution in [2.24, 2.45) is 0 Å². The number of hydrogen-bond acceptors (Lipinski definition) is 5. The molecule has 1 N–H and O–H groups in total. The second-order valence-corrected chi connectivity index (χ2v) is 10.2. The zero-order valence-corrected chi connectivity index (χ0v) is 17.6. The molecule has 5 nitrogen and oxygen atoms in total. The molecule has 2 saturated heterocycles. The predicted molar refractivity (Wildman–Crippen MR) is 111 cm³/mol. The van der Waals surface area contributed by atoms with Gasteiger partial charge in [-0.25, -0.2) is 4.98 Å². The third-order valence-corrected chi connectivity index (χ3v) is 8.05. The molecule has 2 aromatic rings. The van der Waals surface area contributed by atoms with E-state index in [2.05, 4.69) is 10.3 Å². The number of carbonyl (C=O) groups excluding carboxylic acids is 2. The maximum Gasteiger partial charge on any atom is 0.249 e. The van der Waals surface area contributed by atoms with Crippen LogP contribution in [0.2, 0.25) is 10.0 Å². The van der Waals surface area contributed by atoms with Gasteiger partial charge in [-0.05, 0) is 31.0 Å². The van der Waals surface area contributed by atoms with Gasteiger partial charge in [-0.15, -0.1) is 23.1 Å². The molecule has 0 spiro atoms. The molecule has 142 valence electrons. The summed E-state index contributed by atoms with van der Waals surface area (Å²) >= 11 is 15.1. The van der Waals surface area contributed by atoms with Crippen molar-refractivity contribution < 1.29 is 9.59 Å². The van der Waals surface area contributed by atoms with Gasteiger partial charge in [-0.3, -0.25) is 9.59 Å². The van der Waals surface area contributed by atoms with Crippen LogP contribution in [0.3, 0.4) is 0 Å². The van der Waals surface area contributed by atoms with Gasteiger partial charge in [0.05, 0.1) is 14.9 Å². The average molecular weight is 442 g/mol. The van der Waals surface area contributed by atoms with Gasteiger partial charge in [0.25, 0.3) is 0 Å². The number of fused-ring (bicyclic) bond motifs is 1. The van der Waals surface area contributed by atoms with E-state index in [1.165, 1.54) is 11.3 Å². The minimum absolute atomic E-state index is 0.0575. The van der Waals surface area contributed by atoms with E-state index < -0.39 is 6.04 Å².